The molecule has 2 N–H and O–H groups in total. The van der Waals surface area contributed by atoms with E-state index in [-0.39, 0.29) is 5.75 Å². The second kappa shape index (κ2) is 2.63. The van der Waals surface area contributed by atoms with Crippen LogP contribution in [0.1, 0.15) is 5.56 Å². The van der Waals surface area contributed by atoms with E-state index in [4.69, 9.17) is 5.73 Å². The topological polar surface area (TPSA) is 70.0 Å². The van der Waals surface area contributed by atoms with Crippen LogP contribution >= 0.6 is 0 Å². The summed E-state index contributed by atoms with van der Waals surface area (Å²) in [7, 11) is -3.15. The van der Waals surface area contributed by atoms with Gasteiger partial charge in [0, 0.05) is 0 Å². The summed E-state index contributed by atoms with van der Waals surface area (Å²) >= 11 is 0. The fourth-order valence-electron chi connectivity index (χ4n) is 1.35. The molecule has 1 radical (unpaired) electrons. The van der Waals surface area contributed by atoms with Crippen LogP contribution in [0.3, 0.4) is 0 Å². The first-order valence-corrected chi connectivity index (χ1v) is 5.57. The third-order valence-corrected chi connectivity index (χ3v) is 3.29. The minimum atomic E-state index is -3.15. The molecule has 2 rings (SSSR count). The average Bonchev–Trinajstić information content (AvgIpc) is 2.01. The molecule has 0 amide bonds. The Labute approximate surface area is 76.8 Å². The van der Waals surface area contributed by atoms with Crippen molar-refractivity contribution in [3.63, 3.8) is 0 Å². The highest BCUT2D eigenvalue weighted by Crippen LogP contribution is 2.25. The Balaban J connectivity index is 2.50. The maximum atomic E-state index is 11.2. The summed E-state index contributed by atoms with van der Waals surface area (Å²) in [5, 5.41) is 0. The molecular weight excluding hydrogens is 188 g/mol. The molecule has 69 valence electrons. The molecule has 1 aromatic rings. The summed E-state index contributed by atoms with van der Waals surface area (Å²) in [5.41, 5.74) is 9.17. The van der Waals surface area contributed by atoms with Gasteiger partial charge in [-0.2, -0.15) is 0 Å². The number of rotatable bonds is 0. The molecular formula is C8H9N2O2S. The number of fused-ring (bicyclic) bond motifs is 1. The quantitative estimate of drug-likeness (QED) is 0.671. The molecule has 0 unspecified atom stereocenters. The van der Waals surface area contributed by atoms with Crippen molar-refractivity contribution in [1.82, 2.24) is 5.73 Å². The SMILES string of the molecule is [NH]c1ccc2c(c1)NS(=O)(=O)CC2. The van der Waals surface area contributed by atoms with Crippen molar-refractivity contribution in [1.29, 1.82) is 0 Å². The largest absolute Gasteiger partial charge is 0.301 e. The van der Waals surface area contributed by atoms with Gasteiger partial charge in [-0.25, -0.2) is 8.42 Å². The number of hydrogen-bond acceptors (Lipinski definition) is 2. The van der Waals surface area contributed by atoms with Crippen LogP contribution in [0.5, 0.6) is 0 Å². The number of benzene rings is 1. The van der Waals surface area contributed by atoms with E-state index in [1.54, 1.807) is 12.1 Å². The van der Waals surface area contributed by atoms with Crippen molar-refractivity contribution in [3.8, 4) is 0 Å². The van der Waals surface area contributed by atoms with Gasteiger partial charge in [0.25, 0.3) is 0 Å². The Hall–Kier alpha value is -1.23. The van der Waals surface area contributed by atoms with E-state index in [1.165, 1.54) is 6.07 Å². The van der Waals surface area contributed by atoms with E-state index in [0.717, 1.165) is 5.56 Å². The third-order valence-electron chi connectivity index (χ3n) is 2.02. The van der Waals surface area contributed by atoms with Crippen LogP contribution in [0.15, 0.2) is 18.2 Å². The van der Waals surface area contributed by atoms with E-state index in [9.17, 15) is 8.42 Å². The molecule has 0 aromatic heterocycles. The van der Waals surface area contributed by atoms with Crippen LogP contribution in [0.2, 0.25) is 0 Å². The van der Waals surface area contributed by atoms with Gasteiger partial charge in [-0.3, -0.25) is 4.72 Å². The smallest absolute Gasteiger partial charge is 0.233 e. The fraction of sp³-hybridized carbons (Fsp3) is 0.250. The normalized spacial score (nSPS) is 18.8. The molecule has 0 atom stereocenters. The van der Waals surface area contributed by atoms with Gasteiger partial charge in [0.15, 0.2) is 0 Å². The molecule has 1 aliphatic heterocycles. The highest BCUT2D eigenvalue weighted by Gasteiger charge is 2.19. The standard InChI is InChI=1S/C8H9N2O2S/c9-7-2-1-6-3-4-13(11,12)10-8(6)5-7/h1-2,5,9-10H,3-4H2. The number of sulfonamides is 1. The number of aryl methyl sites for hydroxylation is 1. The van der Waals surface area contributed by atoms with Gasteiger partial charge in [0.2, 0.25) is 10.0 Å². The zero-order chi connectivity index (χ0) is 9.47. The van der Waals surface area contributed by atoms with E-state index in [0.29, 0.717) is 17.8 Å². The molecule has 0 aliphatic carbocycles. The van der Waals surface area contributed by atoms with Gasteiger partial charge in [-0.15, -0.1) is 0 Å². The number of anilines is 1. The lowest BCUT2D eigenvalue weighted by atomic mass is 10.1. The van der Waals surface area contributed by atoms with Crippen molar-refractivity contribution in [2.24, 2.45) is 0 Å². The van der Waals surface area contributed by atoms with E-state index in [1.807, 2.05) is 0 Å². The minimum Gasteiger partial charge on any atom is -0.301 e. The van der Waals surface area contributed by atoms with Crippen LogP contribution in [-0.2, 0) is 16.4 Å². The lowest BCUT2D eigenvalue weighted by Gasteiger charge is -2.17. The average molecular weight is 197 g/mol. The summed E-state index contributed by atoms with van der Waals surface area (Å²) in [5.74, 6) is 0.136. The summed E-state index contributed by atoms with van der Waals surface area (Å²) in [6.07, 6.45) is 0.533. The molecule has 0 saturated heterocycles. The first kappa shape index (κ1) is 8.37. The molecule has 0 bridgehead atoms. The highest BCUT2D eigenvalue weighted by molar-refractivity contribution is 7.92. The Morgan fingerprint density at radius 1 is 1.38 bits per heavy atom. The predicted molar refractivity (Wildman–Crippen MR) is 50.3 cm³/mol. The first-order valence-electron chi connectivity index (χ1n) is 3.92. The molecule has 0 fully saturated rings. The third kappa shape index (κ3) is 1.60. The van der Waals surface area contributed by atoms with Crippen molar-refractivity contribution >= 4 is 21.4 Å². The van der Waals surface area contributed by atoms with Gasteiger partial charge in [-0.05, 0) is 24.1 Å². The van der Waals surface area contributed by atoms with Crippen molar-refractivity contribution in [2.45, 2.75) is 6.42 Å². The zero-order valence-electron chi connectivity index (χ0n) is 6.87. The maximum absolute atomic E-state index is 11.2. The lowest BCUT2D eigenvalue weighted by Crippen LogP contribution is -2.23. The van der Waals surface area contributed by atoms with Crippen LogP contribution in [0.4, 0.5) is 11.4 Å². The van der Waals surface area contributed by atoms with E-state index < -0.39 is 10.0 Å². The van der Waals surface area contributed by atoms with Crippen molar-refractivity contribution < 1.29 is 8.42 Å². The second-order valence-electron chi connectivity index (χ2n) is 3.04. The van der Waals surface area contributed by atoms with Gasteiger partial charge in [0.05, 0.1) is 17.1 Å². The Morgan fingerprint density at radius 2 is 2.15 bits per heavy atom. The molecule has 13 heavy (non-hydrogen) atoms. The molecule has 0 saturated carbocycles. The molecule has 1 heterocycles. The minimum absolute atomic E-state index is 0.136. The second-order valence-corrected chi connectivity index (χ2v) is 4.88. The Kier molecular flexibility index (Phi) is 1.69. The molecule has 5 heteroatoms. The van der Waals surface area contributed by atoms with Gasteiger partial charge >= 0.3 is 0 Å². The van der Waals surface area contributed by atoms with Crippen molar-refractivity contribution in [2.75, 3.05) is 10.5 Å². The van der Waals surface area contributed by atoms with E-state index in [2.05, 4.69) is 4.72 Å². The molecule has 4 nitrogen and oxygen atoms in total. The van der Waals surface area contributed by atoms with Crippen LogP contribution in [0, 0.1) is 0 Å². The van der Waals surface area contributed by atoms with Crippen LogP contribution in [-0.4, -0.2) is 14.2 Å². The lowest BCUT2D eigenvalue weighted by molar-refractivity contribution is 0.599. The highest BCUT2D eigenvalue weighted by atomic mass is 32.2. The number of hydrogen-bond donors (Lipinski definition) is 1. The van der Waals surface area contributed by atoms with Crippen LogP contribution in [0.25, 0.3) is 0 Å². The molecule has 0 spiro atoms. The van der Waals surface area contributed by atoms with Gasteiger partial charge in [-0.1, -0.05) is 6.07 Å². The van der Waals surface area contributed by atoms with Crippen molar-refractivity contribution in [3.05, 3.63) is 23.8 Å². The maximum Gasteiger partial charge on any atom is 0.233 e. The molecule has 1 aliphatic rings. The Bertz CT molecular complexity index is 439. The number of nitrogens with one attached hydrogen (secondary N) is 2. The van der Waals surface area contributed by atoms with Gasteiger partial charge < -0.3 is 5.73 Å². The summed E-state index contributed by atoms with van der Waals surface area (Å²) < 4.78 is 24.7. The zero-order valence-corrected chi connectivity index (χ0v) is 7.69. The molecule has 1 aromatic carbocycles. The predicted octanol–water partition coefficient (Wildman–Crippen LogP) is 0.899. The summed E-state index contributed by atoms with van der Waals surface area (Å²) in [6, 6.07) is 4.99. The fourth-order valence-corrected chi connectivity index (χ4v) is 2.47. The first-order chi connectivity index (χ1) is 6.07. The van der Waals surface area contributed by atoms with Crippen LogP contribution < -0.4 is 10.5 Å². The Morgan fingerprint density at radius 3 is 2.92 bits per heavy atom. The van der Waals surface area contributed by atoms with E-state index >= 15 is 0 Å². The summed E-state index contributed by atoms with van der Waals surface area (Å²) in [6.45, 7) is 0. The van der Waals surface area contributed by atoms with Gasteiger partial charge in [0.1, 0.15) is 0 Å². The summed E-state index contributed by atoms with van der Waals surface area (Å²) in [4.78, 5) is 0. The monoisotopic (exact) mass is 197 g/mol.